The molecule has 0 bridgehead atoms. The summed E-state index contributed by atoms with van der Waals surface area (Å²) in [5.74, 6) is 2.23. The molecule has 0 spiro atoms. The largest absolute Gasteiger partial charge is 0.495 e. The average Bonchev–Trinajstić information content (AvgIpc) is 3.20. The molecule has 1 aromatic carbocycles. The molecule has 0 saturated carbocycles. The van der Waals surface area contributed by atoms with Gasteiger partial charge in [-0.25, -0.2) is 4.98 Å². The van der Waals surface area contributed by atoms with Crippen LogP contribution in [0, 0.1) is 0 Å². The summed E-state index contributed by atoms with van der Waals surface area (Å²) in [6.45, 7) is 4.88. The van der Waals surface area contributed by atoms with Crippen LogP contribution in [0.4, 0.5) is 5.69 Å². The minimum absolute atomic E-state index is 0.269. The average molecular weight is 418 g/mol. The van der Waals surface area contributed by atoms with Gasteiger partial charge in [-0.2, -0.15) is 0 Å². The number of benzene rings is 1. The second-order valence-electron chi connectivity index (χ2n) is 6.72. The molecule has 2 N–H and O–H groups in total. The summed E-state index contributed by atoms with van der Waals surface area (Å²) in [5.41, 5.74) is 2.01. The van der Waals surface area contributed by atoms with E-state index in [0.717, 1.165) is 42.5 Å². The van der Waals surface area contributed by atoms with Gasteiger partial charge in [0.05, 0.1) is 19.4 Å². The van der Waals surface area contributed by atoms with E-state index < -0.39 is 0 Å². The summed E-state index contributed by atoms with van der Waals surface area (Å²) in [4.78, 5) is 10.9. The van der Waals surface area contributed by atoms with Crippen LogP contribution in [0.3, 0.4) is 0 Å². The molecule has 0 radical (unpaired) electrons. The van der Waals surface area contributed by atoms with Crippen molar-refractivity contribution in [3.8, 4) is 11.6 Å². The Bertz CT molecular complexity index is 846. The van der Waals surface area contributed by atoms with Gasteiger partial charge in [-0.3, -0.25) is 4.99 Å². The maximum atomic E-state index is 6.19. The number of hydrogen-bond acceptors (Lipinski definition) is 5. The lowest BCUT2D eigenvalue weighted by Gasteiger charge is -2.22. The van der Waals surface area contributed by atoms with Gasteiger partial charge in [-0.15, -0.1) is 0 Å². The molecule has 1 aliphatic rings. The molecule has 1 atom stereocenters. The summed E-state index contributed by atoms with van der Waals surface area (Å²) < 4.78 is 11.1. The number of aliphatic imine (C=N–C) groups is 1. The van der Waals surface area contributed by atoms with Crippen LogP contribution < -0.4 is 25.0 Å². The van der Waals surface area contributed by atoms with Gasteiger partial charge in [0.1, 0.15) is 5.75 Å². The number of ether oxygens (including phenoxy) is 2. The lowest BCUT2D eigenvalue weighted by atomic mass is 10.2. The minimum atomic E-state index is 0.269. The van der Waals surface area contributed by atoms with Gasteiger partial charge in [0.25, 0.3) is 0 Å². The zero-order valence-corrected chi connectivity index (χ0v) is 17.9. The van der Waals surface area contributed by atoms with E-state index in [1.165, 1.54) is 0 Å². The van der Waals surface area contributed by atoms with Gasteiger partial charge in [0.15, 0.2) is 5.96 Å². The third kappa shape index (κ3) is 5.44. The molecule has 3 rings (SSSR count). The van der Waals surface area contributed by atoms with Crippen molar-refractivity contribution in [1.29, 1.82) is 0 Å². The maximum absolute atomic E-state index is 6.19. The maximum Gasteiger partial charge on any atom is 0.218 e. The second-order valence-corrected chi connectivity index (χ2v) is 7.16. The number of rotatable bonds is 7. The molecule has 1 fully saturated rings. The number of aromatic nitrogens is 1. The molecule has 1 aliphatic heterocycles. The van der Waals surface area contributed by atoms with E-state index >= 15 is 0 Å². The van der Waals surface area contributed by atoms with Crippen molar-refractivity contribution < 1.29 is 9.47 Å². The van der Waals surface area contributed by atoms with Crippen molar-refractivity contribution >= 4 is 23.2 Å². The van der Waals surface area contributed by atoms with E-state index in [9.17, 15) is 0 Å². The van der Waals surface area contributed by atoms with E-state index in [-0.39, 0.29) is 6.04 Å². The van der Waals surface area contributed by atoms with Crippen LogP contribution in [-0.4, -0.2) is 50.8 Å². The van der Waals surface area contributed by atoms with Crippen molar-refractivity contribution in [1.82, 2.24) is 15.6 Å². The molecule has 2 heterocycles. The van der Waals surface area contributed by atoms with E-state index in [2.05, 4.69) is 25.5 Å². The van der Waals surface area contributed by atoms with Gasteiger partial charge in [-0.05, 0) is 37.6 Å². The van der Waals surface area contributed by atoms with Crippen LogP contribution in [-0.2, 0) is 6.54 Å². The van der Waals surface area contributed by atoms with Crippen LogP contribution in [0.2, 0.25) is 5.02 Å². The Labute approximate surface area is 177 Å². The summed E-state index contributed by atoms with van der Waals surface area (Å²) in [6, 6.07) is 9.88. The van der Waals surface area contributed by atoms with Crippen LogP contribution in [0.5, 0.6) is 11.6 Å². The van der Waals surface area contributed by atoms with E-state index in [4.69, 9.17) is 21.1 Å². The highest BCUT2D eigenvalue weighted by Gasteiger charge is 2.25. The van der Waals surface area contributed by atoms with Crippen molar-refractivity contribution in [2.24, 2.45) is 4.99 Å². The van der Waals surface area contributed by atoms with Gasteiger partial charge < -0.3 is 25.0 Å². The highest BCUT2D eigenvalue weighted by Crippen LogP contribution is 2.33. The number of nitrogens with zero attached hydrogens (tertiary/aromatic N) is 3. The number of hydrogen-bond donors (Lipinski definition) is 2. The number of pyridine rings is 1. The minimum Gasteiger partial charge on any atom is -0.495 e. The predicted octanol–water partition coefficient (Wildman–Crippen LogP) is 3.09. The summed E-state index contributed by atoms with van der Waals surface area (Å²) >= 11 is 6.19. The van der Waals surface area contributed by atoms with Gasteiger partial charge in [-0.1, -0.05) is 17.7 Å². The molecule has 1 saturated heterocycles. The molecule has 29 heavy (non-hydrogen) atoms. The molecule has 1 aromatic heterocycles. The topological polar surface area (TPSA) is 71.0 Å². The molecule has 156 valence electrons. The third-order valence-electron chi connectivity index (χ3n) is 4.81. The fourth-order valence-electron chi connectivity index (χ4n) is 3.40. The number of methoxy groups -OCH3 is 1. The Balaban J connectivity index is 1.58. The molecular weight excluding hydrogens is 390 g/mol. The Morgan fingerprint density at radius 2 is 2.24 bits per heavy atom. The number of anilines is 1. The van der Waals surface area contributed by atoms with Crippen molar-refractivity contribution in [3.05, 3.63) is 47.1 Å². The summed E-state index contributed by atoms with van der Waals surface area (Å²) in [6.07, 6.45) is 2.73. The van der Waals surface area contributed by atoms with Gasteiger partial charge in [0, 0.05) is 49.5 Å². The fourth-order valence-corrected chi connectivity index (χ4v) is 3.57. The second kappa shape index (κ2) is 10.2. The molecule has 1 unspecified atom stereocenters. The Kier molecular flexibility index (Phi) is 7.41. The summed E-state index contributed by atoms with van der Waals surface area (Å²) in [7, 11) is 3.45. The van der Waals surface area contributed by atoms with Crippen LogP contribution in [0.25, 0.3) is 0 Å². The van der Waals surface area contributed by atoms with Crippen LogP contribution >= 0.6 is 11.6 Å². The highest BCUT2D eigenvalue weighted by atomic mass is 35.5. The highest BCUT2D eigenvalue weighted by molar-refractivity contribution is 6.30. The third-order valence-corrected chi connectivity index (χ3v) is 5.05. The fraction of sp³-hybridized carbons (Fsp3) is 0.429. The van der Waals surface area contributed by atoms with E-state index in [0.29, 0.717) is 24.1 Å². The monoisotopic (exact) mass is 417 g/mol. The Morgan fingerprint density at radius 3 is 3.00 bits per heavy atom. The lowest BCUT2D eigenvalue weighted by Crippen LogP contribution is -2.44. The van der Waals surface area contributed by atoms with Crippen LogP contribution in [0.1, 0.15) is 18.9 Å². The van der Waals surface area contributed by atoms with E-state index in [1.807, 2.05) is 37.3 Å². The predicted molar refractivity (Wildman–Crippen MR) is 117 cm³/mol. The standard InChI is InChI=1S/C21H28ClN5O2/c1-4-29-20-15(6-5-10-24-20)13-25-21(23-2)26-17-9-11-27(14-17)18-12-16(22)7-8-19(18)28-3/h5-8,10,12,17H,4,9,11,13-14H2,1-3H3,(H2,23,25,26). The molecule has 0 aliphatic carbocycles. The molecule has 2 aromatic rings. The van der Waals surface area contributed by atoms with Crippen molar-refractivity contribution in [2.75, 3.05) is 38.8 Å². The zero-order valence-electron chi connectivity index (χ0n) is 17.1. The first-order valence-corrected chi connectivity index (χ1v) is 10.1. The van der Waals surface area contributed by atoms with Crippen LogP contribution in [0.15, 0.2) is 41.5 Å². The van der Waals surface area contributed by atoms with Crippen molar-refractivity contribution in [2.45, 2.75) is 25.9 Å². The smallest absolute Gasteiger partial charge is 0.218 e. The lowest BCUT2D eigenvalue weighted by molar-refractivity contribution is 0.322. The zero-order chi connectivity index (χ0) is 20.6. The number of guanidine groups is 1. The SMILES string of the molecule is CCOc1ncccc1CNC(=NC)NC1CCN(c2cc(Cl)ccc2OC)C1. The molecule has 8 heteroatoms. The quantitative estimate of drug-likeness (QED) is 0.533. The Hall–Kier alpha value is -2.67. The molecule has 7 nitrogen and oxygen atoms in total. The summed E-state index contributed by atoms with van der Waals surface area (Å²) in [5, 5.41) is 7.56. The van der Waals surface area contributed by atoms with Crippen molar-refractivity contribution in [3.63, 3.8) is 0 Å². The Morgan fingerprint density at radius 1 is 1.38 bits per heavy atom. The normalized spacial score (nSPS) is 16.6. The molecule has 0 amide bonds. The first-order valence-electron chi connectivity index (χ1n) is 9.77. The van der Waals surface area contributed by atoms with E-state index in [1.54, 1.807) is 20.4 Å². The number of halogens is 1. The molecular formula is C21H28ClN5O2. The first-order chi connectivity index (χ1) is 14.1. The first kappa shape index (κ1) is 21.0. The number of nitrogens with one attached hydrogen (secondary N) is 2. The van der Waals surface area contributed by atoms with Gasteiger partial charge >= 0.3 is 0 Å². The van der Waals surface area contributed by atoms with Gasteiger partial charge in [0.2, 0.25) is 5.88 Å².